The average molecular weight is 252 g/mol. The van der Waals surface area contributed by atoms with E-state index in [1.54, 1.807) is 0 Å². The summed E-state index contributed by atoms with van der Waals surface area (Å²) in [6, 6.07) is 11.7. The van der Waals surface area contributed by atoms with Crippen LogP contribution in [0.5, 0.6) is 0 Å². The van der Waals surface area contributed by atoms with E-state index >= 15 is 0 Å². The molecule has 1 heterocycles. The fraction of sp³-hybridized carbons (Fsp3) is 0.250. The van der Waals surface area contributed by atoms with Crippen LogP contribution in [0, 0.1) is 5.92 Å². The molecule has 0 spiro atoms. The highest BCUT2D eigenvalue weighted by Gasteiger charge is 2.18. The van der Waals surface area contributed by atoms with Gasteiger partial charge in [-0.05, 0) is 37.5 Å². The maximum atomic E-state index is 12.1. The van der Waals surface area contributed by atoms with Crippen molar-refractivity contribution in [3.63, 3.8) is 0 Å². The van der Waals surface area contributed by atoms with Gasteiger partial charge in [-0.25, -0.2) is 4.98 Å². The molecule has 1 N–H and O–H groups in total. The Kier molecular flexibility index (Phi) is 3.27. The molecule has 3 nitrogen and oxygen atoms in total. The van der Waals surface area contributed by atoms with E-state index in [-0.39, 0.29) is 11.8 Å². The number of carbonyl (C=O) groups excluding carboxylic acids is 1. The number of amides is 1. The predicted octanol–water partition coefficient (Wildman–Crippen LogP) is 3.53. The Hall–Kier alpha value is -2.16. The van der Waals surface area contributed by atoms with Crippen molar-refractivity contribution in [2.75, 3.05) is 5.32 Å². The van der Waals surface area contributed by atoms with Crippen molar-refractivity contribution in [1.29, 1.82) is 0 Å². The van der Waals surface area contributed by atoms with Crippen LogP contribution in [-0.4, -0.2) is 10.9 Å². The summed E-state index contributed by atoms with van der Waals surface area (Å²) in [4.78, 5) is 16.6. The van der Waals surface area contributed by atoms with Gasteiger partial charge in [-0.3, -0.25) is 4.79 Å². The maximum absolute atomic E-state index is 12.1. The number of pyridine rings is 1. The molecule has 1 aliphatic rings. The van der Waals surface area contributed by atoms with Crippen LogP contribution >= 0.6 is 0 Å². The Balaban J connectivity index is 1.77. The molecule has 1 aromatic heterocycles. The molecule has 0 saturated carbocycles. The number of para-hydroxylation sites is 1. The van der Waals surface area contributed by atoms with Gasteiger partial charge in [0, 0.05) is 11.3 Å². The van der Waals surface area contributed by atoms with Gasteiger partial charge in [0.25, 0.3) is 0 Å². The van der Waals surface area contributed by atoms with E-state index in [4.69, 9.17) is 0 Å². The molecule has 96 valence electrons. The average Bonchev–Trinajstić information content (AvgIpc) is 2.48. The molecular weight excluding hydrogens is 236 g/mol. The fourth-order valence-corrected chi connectivity index (χ4v) is 2.40. The van der Waals surface area contributed by atoms with Crippen molar-refractivity contribution in [2.45, 2.75) is 19.3 Å². The fourth-order valence-electron chi connectivity index (χ4n) is 2.40. The Bertz CT molecular complexity index is 633. The lowest BCUT2D eigenvalue weighted by atomic mass is 9.94. The highest BCUT2D eigenvalue weighted by molar-refractivity contribution is 5.93. The third-order valence-electron chi connectivity index (χ3n) is 3.49. The zero-order valence-electron chi connectivity index (χ0n) is 10.7. The van der Waals surface area contributed by atoms with E-state index in [0.717, 1.165) is 30.2 Å². The van der Waals surface area contributed by atoms with E-state index in [1.807, 2.05) is 36.4 Å². The van der Waals surface area contributed by atoms with Crippen molar-refractivity contribution in [1.82, 2.24) is 4.98 Å². The summed E-state index contributed by atoms with van der Waals surface area (Å²) in [6.45, 7) is 0. The van der Waals surface area contributed by atoms with Crippen molar-refractivity contribution >= 4 is 22.6 Å². The third-order valence-corrected chi connectivity index (χ3v) is 3.49. The second-order valence-electron chi connectivity index (χ2n) is 4.86. The Morgan fingerprint density at radius 1 is 1.16 bits per heavy atom. The van der Waals surface area contributed by atoms with E-state index in [2.05, 4.69) is 22.5 Å². The summed E-state index contributed by atoms with van der Waals surface area (Å²) < 4.78 is 0. The van der Waals surface area contributed by atoms with Gasteiger partial charge in [0.15, 0.2) is 0 Å². The summed E-state index contributed by atoms with van der Waals surface area (Å²) in [5, 5.41) is 4.00. The van der Waals surface area contributed by atoms with Crippen LogP contribution in [0.25, 0.3) is 10.9 Å². The molecule has 0 aliphatic heterocycles. The van der Waals surface area contributed by atoms with Crippen LogP contribution in [0.1, 0.15) is 19.3 Å². The monoisotopic (exact) mass is 252 g/mol. The van der Waals surface area contributed by atoms with E-state index in [9.17, 15) is 4.79 Å². The number of nitrogens with one attached hydrogen (secondary N) is 1. The van der Waals surface area contributed by atoms with Crippen LogP contribution in [0.4, 0.5) is 5.82 Å². The summed E-state index contributed by atoms with van der Waals surface area (Å²) >= 11 is 0. The summed E-state index contributed by atoms with van der Waals surface area (Å²) in [5.41, 5.74) is 0.906. The van der Waals surface area contributed by atoms with Gasteiger partial charge in [0.1, 0.15) is 5.82 Å². The standard InChI is InChI=1S/C16H16N2O/c19-16(13-7-2-1-3-8-13)18-15-11-10-12-6-4-5-9-14(12)17-15/h1-2,4-6,9-11,13H,3,7-8H2,(H,17,18,19)/t13-/m1/s1. The molecule has 0 bridgehead atoms. The van der Waals surface area contributed by atoms with Gasteiger partial charge in [-0.15, -0.1) is 0 Å². The SMILES string of the molecule is O=C(Nc1ccc2ccccc2n1)[C@@H]1CC=CCC1. The highest BCUT2D eigenvalue weighted by atomic mass is 16.1. The minimum atomic E-state index is 0.0760. The second kappa shape index (κ2) is 5.22. The number of hydrogen-bond donors (Lipinski definition) is 1. The van der Waals surface area contributed by atoms with Crippen LogP contribution in [0.3, 0.4) is 0 Å². The number of aromatic nitrogens is 1. The largest absolute Gasteiger partial charge is 0.310 e. The van der Waals surface area contributed by atoms with Gasteiger partial charge in [0.2, 0.25) is 5.91 Å². The van der Waals surface area contributed by atoms with E-state index in [0.29, 0.717) is 5.82 Å². The first-order chi connectivity index (χ1) is 9.33. The van der Waals surface area contributed by atoms with Crippen LogP contribution in [0.2, 0.25) is 0 Å². The maximum Gasteiger partial charge on any atom is 0.228 e. The van der Waals surface area contributed by atoms with Gasteiger partial charge in [-0.1, -0.05) is 30.4 Å². The van der Waals surface area contributed by atoms with Gasteiger partial charge in [0.05, 0.1) is 5.52 Å². The summed E-state index contributed by atoms with van der Waals surface area (Å²) in [7, 11) is 0. The molecule has 2 aromatic rings. The number of benzene rings is 1. The lowest BCUT2D eigenvalue weighted by Gasteiger charge is -2.16. The quantitative estimate of drug-likeness (QED) is 0.831. The van der Waals surface area contributed by atoms with Crippen molar-refractivity contribution in [3.8, 4) is 0 Å². The molecule has 19 heavy (non-hydrogen) atoms. The highest BCUT2D eigenvalue weighted by Crippen LogP contribution is 2.20. The first-order valence-electron chi connectivity index (χ1n) is 6.64. The smallest absolute Gasteiger partial charge is 0.228 e. The Labute approximate surface area is 112 Å². The number of fused-ring (bicyclic) bond motifs is 1. The number of rotatable bonds is 2. The lowest BCUT2D eigenvalue weighted by molar-refractivity contribution is -0.120. The molecule has 0 saturated heterocycles. The minimum absolute atomic E-state index is 0.0760. The van der Waals surface area contributed by atoms with Crippen molar-refractivity contribution in [2.24, 2.45) is 5.92 Å². The first kappa shape index (κ1) is 11.9. The predicted molar refractivity (Wildman–Crippen MR) is 76.9 cm³/mol. The second-order valence-corrected chi connectivity index (χ2v) is 4.86. The normalized spacial score (nSPS) is 18.4. The number of allylic oxidation sites excluding steroid dienone is 2. The van der Waals surface area contributed by atoms with Gasteiger partial charge < -0.3 is 5.32 Å². The van der Waals surface area contributed by atoms with Gasteiger partial charge >= 0.3 is 0 Å². The molecule has 1 amide bonds. The van der Waals surface area contributed by atoms with Crippen LogP contribution in [-0.2, 0) is 4.79 Å². The molecule has 1 atom stereocenters. The first-order valence-corrected chi connectivity index (χ1v) is 6.64. The zero-order valence-corrected chi connectivity index (χ0v) is 10.7. The van der Waals surface area contributed by atoms with Crippen molar-refractivity contribution < 1.29 is 4.79 Å². The van der Waals surface area contributed by atoms with Gasteiger partial charge in [-0.2, -0.15) is 0 Å². The summed E-state index contributed by atoms with van der Waals surface area (Å²) in [6.07, 6.45) is 6.97. The number of hydrogen-bond acceptors (Lipinski definition) is 2. The molecule has 0 unspecified atom stereocenters. The molecule has 3 rings (SSSR count). The molecule has 1 aromatic carbocycles. The van der Waals surface area contributed by atoms with Crippen LogP contribution in [0.15, 0.2) is 48.6 Å². The van der Waals surface area contributed by atoms with Crippen LogP contribution < -0.4 is 5.32 Å². The Morgan fingerprint density at radius 3 is 2.89 bits per heavy atom. The number of anilines is 1. The molecule has 0 radical (unpaired) electrons. The lowest BCUT2D eigenvalue weighted by Crippen LogP contribution is -2.23. The topological polar surface area (TPSA) is 42.0 Å². The van der Waals surface area contributed by atoms with E-state index in [1.165, 1.54) is 0 Å². The molecule has 1 aliphatic carbocycles. The third kappa shape index (κ3) is 2.65. The van der Waals surface area contributed by atoms with Crippen molar-refractivity contribution in [3.05, 3.63) is 48.6 Å². The molecule has 3 heteroatoms. The molecule has 0 fully saturated rings. The molecular formula is C16H16N2O. The number of nitrogens with zero attached hydrogens (tertiary/aromatic N) is 1. The minimum Gasteiger partial charge on any atom is -0.310 e. The number of carbonyl (C=O) groups is 1. The summed E-state index contributed by atoms with van der Waals surface area (Å²) in [5.74, 6) is 0.795. The zero-order chi connectivity index (χ0) is 13.1. The van der Waals surface area contributed by atoms with E-state index < -0.39 is 0 Å². The Morgan fingerprint density at radius 2 is 2.05 bits per heavy atom.